The average molecular weight is 296 g/mol. The van der Waals surface area contributed by atoms with Crippen molar-refractivity contribution in [3.8, 4) is 0 Å². The summed E-state index contributed by atoms with van der Waals surface area (Å²) in [7, 11) is -3.47. The number of benzene rings is 1. The fraction of sp³-hybridized carbons (Fsp3) is 0.231. The van der Waals surface area contributed by atoms with Crippen LogP contribution in [0.25, 0.3) is 0 Å². The summed E-state index contributed by atoms with van der Waals surface area (Å²) in [6.45, 7) is 2.34. The summed E-state index contributed by atoms with van der Waals surface area (Å²) in [6.07, 6.45) is 0.879. The van der Waals surface area contributed by atoms with E-state index in [1.807, 2.05) is 31.2 Å². The Balaban J connectivity index is 2.14. The number of nitrogen functional groups attached to an aromatic ring is 1. The van der Waals surface area contributed by atoms with Crippen LogP contribution in [0.2, 0.25) is 0 Å². The lowest BCUT2D eigenvalue weighted by Gasteiger charge is -2.08. The van der Waals surface area contributed by atoms with Crippen LogP contribution in [0, 0.1) is 0 Å². The molecule has 0 saturated heterocycles. The SMILES string of the molecule is CCc1ccccc1CNS(=O)(=O)c1cc(N)cs1. The highest BCUT2D eigenvalue weighted by molar-refractivity contribution is 7.91. The molecule has 1 aromatic carbocycles. The number of anilines is 1. The average Bonchev–Trinajstić information content (AvgIpc) is 2.84. The predicted molar refractivity (Wildman–Crippen MR) is 78.6 cm³/mol. The minimum Gasteiger partial charge on any atom is -0.398 e. The molecule has 0 radical (unpaired) electrons. The summed E-state index contributed by atoms with van der Waals surface area (Å²) in [6, 6.07) is 9.28. The van der Waals surface area contributed by atoms with Gasteiger partial charge in [0.25, 0.3) is 0 Å². The van der Waals surface area contributed by atoms with E-state index in [0.717, 1.165) is 28.9 Å². The zero-order valence-corrected chi connectivity index (χ0v) is 12.2. The lowest BCUT2D eigenvalue weighted by atomic mass is 10.1. The number of rotatable bonds is 5. The Morgan fingerprint density at radius 1 is 1.26 bits per heavy atom. The molecule has 6 heteroatoms. The van der Waals surface area contributed by atoms with Gasteiger partial charge in [-0.1, -0.05) is 31.2 Å². The van der Waals surface area contributed by atoms with Crippen molar-refractivity contribution in [2.75, 3.05) is 5.73 Å². The van der Waals surface area contributed by atoms with Crippen molar-refractivity contribution >= 4 is 27.0 Å². The van der Waals surface area contributed by atoms with Crippen LogP contribution in [-0.2, 0) is 23.0 Å². The van der Waals surface area contributed by atoms with Crippen LogP contribution in [0.15, 0.2) is 39.9 Å². The first-order valence-electron chi connectivity index (χ1n) is 5.93. The molecule has 0 amide bonds. The van der Waals surface area contributed by atoms with Gasteiger partial charge < -0.3 is 5.73 Å². The quantitative estimate of drug-likeness (QED) is 0.889. The highest BCUT2D eigenvalue weighted by atomic mass is 32.2. The van der Waals surface area contributed by atoms with E-state index in [2.05, 4.69) is 4.72 Å². The molecule has 4 nitrogen and oxygen atoms in total. The van der Waals surface area contributed by atoms with E-state index in [0.29, 0.717) is 12.2 Å². The lowest BCUT2D eigenvalue weighted by molar-refractivity contribution is 0.583. The molecule has 0 aliphatic carbocycles. The minimum absolute atomic E-state index is 0.249. The molecular weight excluding hydrogens is 280 g/mol. The maximum absolute atomic E-state index is 12.1. The summed E-state index contributed by atoms with van der Waals surface area (Å²) in [5.41, 5.74) is 8.17. The fourth-order valence-corrected chi connectivity index (χ4v) is 3.92. The van der Waals surface area contributed by atoms with Crippen molar-refractivity contribution in [1.29, 1.82) is 0 Å². The molecule has 0 aliphatic heterocycles. The predicted octanol–water partition coefficient (Wildman–Crippen LogP) is 2.37. The molecule has 3 N–H and O–H groups in total. The van der Waals surface area contributed by atoms with Gasteiger partial charge in [0.1, 0.15) is 4.21 Å². The van der Waals surface area contributed by atoms with Crippen molar-refractivity contribution in [3.05, 3.63) is 46.8 Å². The number of hydrogen-bond acceptors (Lipinski definition) is 4. The molecule has 0 spiro atoms. The second kappa shape index (κ2) is 5.73. The van der Waals surface area contributed by atoms with Crippen molar-refractivity contribution in [3.63, 3.8) is 0 Å². The van der Waals surface area contributed by atoms with Gasteiger partial charge >= 0.3 is 0 Å². The molecule has 1 aromatic heterocycles. The number of nitrogens with one attached hydrogen (secondary N) is 1. The first-order valence-corrected chi connectivity index (χ1v) is 8.29. The molecule has 0 fully saturated rings. The second-order valence-electron chi connectivity index (χ2n) is 4.15. The lowest BCUT2D eigenvalue weighted by Crippen LogP contribution is -2.23. The zero-order chi connectivity index (χ0) is 13.9. The van der Waals surface area contributed by atoms with E-state index < -0.39 is 10.0 Å². The molecule has 2 aromatic rings. The van der Waals surface area contributed by atoms with E-state index in [1.165, 1.54) is 6.07 Å². The topological polar surface area (TPSA) is 72.2 Å². The molecule has 1 heterocycles. The van der Waals surface area contributed by atoms with Gasteiger partial charge in [0.2, 0.25) is 10.0 Å². The fourth-order valence-electron chi connectivity index (χ4n) is 1.79. The molecule has 0 saturated carbocycles. The standard InChI is InChI=1S/C13H16N2O2S2/c1-2-10-5-3-4-6-11(10)8-15-19(16,17)13-7-12(14)9-18-13/h3-7,9,15H,2,8,14H2,1H3. The van der Waals surface area contributed by atoms with Crippen LogP contribution < -0.4 is 10.5 Å². The van der Waals surface area contributed by atoms with Gasteiger partial charge in [-0.2, -0.15) is 0 Å². The molecule has 2 rings (SSSR count). The van der Waals surface area contributed by atoms with Crippen LogP contribution in [-0.4, -0.2) is 8.42 Å². The van der Waals surface area contributed by atoms with Gasteiger partial charge in [0, 0.05) is 17.6 Å². The summed E-state index contributed by atoms with van der Waals surface area (Å²) >= 11 is 1.13. The number of sulfonamides is 1. The third-order valence-corrected chi connectivity index (χ3v) is 5.67. The van der Waals surface area contributed by atoms with Gasteiger partial charge in [-0.05, 0) is 23.6 Å². The van der Waals surface area contributed by atoms with Gasteiger partial charge in [0.05, 0.1) is 0 Å². The van der Waals surface area contributed by atoms with Gasteiger partial charge in [-0.25, -0.2) is 13.1 Å². The Hall–Kier alpha value is -1.37. The highest BCUT2D eigenvalue weighted by Gasteiger charge is 2.16. The zero-order valence-electron chi connectivity index (χ0n) is 10.6. The van der Waals surface area contributed by atoms with E-state index in [-0.39, 0.29) is 4.21 Å². The van der Waals surface area contributed by atoms with Gasteiger partial charge in [-0.3, -0.25) is 0 Å². The normalized spacial score (nSPS) is 11.6. The number of aryl methyl sites for hydroxylation is 1. The molecule has 0 aliphatic rings. The molecule has 0 unspecified atom stereocenters. The van der Waals surface area contributed by atoms with E-state index in [1.54, 1.807) is 5.38 Å². The summed E-state index contributed by atoms with van der Waals surface area (Å²) in [5.74, 6) is 0. The number of thiophene rings is 1. The Labute approximate surface area is 117 Å². The Morgan fingerprint density at radius 2 is 1.95 bits per heavy atom. The third-order valence-electron chi connectivity index (χ3n) is 2.81. The van der Waals surface area contributed by atoms with Crippen LogP contribution in [0.4, 0.5) is 5.69 Å². The van der Waals surface area contributed by atoms with Crippen LogP contribution in [0.3, 0.4) is 0 Å². The maximum atomic E-state index is 12.1. The molecule has 0 bridgehead atoms. The minimum atomic E-state index is -3.47. The van der Waals surface area contributed by atoms with Crippen molar-refractivity contribution in [2.24, 2.45) is 0 Å². The van der Waals surface area contributed by atoms with Gasteiger partial charge in [0.15, 0.2) is 0 Å². The number of nitrogens with two attached hydrogens (primary N) is 1. The maximum Gasteiger partial charge on any atom is 0.250 e. The van der Waals surface area contributed by atoms with E-state index in [4.69, 9.17) is 5.73 Å². The molecule has 0 atom stereocenters. The highest BCUT2D eigenvalue weighted by Crippen LogP contribution is 2.21. The summed E-state index contributed by atoms with van der Waals surface area (Å²) < 4.78 is 27.0. The summed E-state index contributed by atoms with van der Waals surface area (Å²) in [4.78, 5) is 0. The van der Waals surface area contributed by atoms with Crippen molar-refractivity contribution < 1.29 is 8.42 Å². The second-order valence-corrected chi connectivity index (χ2v) is 7.05. The third kappa shape index (κ3) is 3.34. The van der Waals surface area contributed by atoms with Crippen molar-refractivity contribution in [1.82, 2.24) is 4.72 Å². The Morgan fingerprint density at radius 3 is 2.53 bits per heavy atom. The smallest absolute Gasteiger partial charge is 0.250 e. The first kappa shape index (κ1) is 14.0. The Bertz CT molecular complexity index is 663. The molecular formula is C13H16N2O2S2. The monoisotopic (exact) mass is 296 g/mol. The van der Waals surface area contributed by atoms with Crippen LogP contribution >= 0.6 is 11.3 Å². The van der Waals surface area contributed by atoms with E-state index in [9.17, 15) is 8.42 Å². The molecule has 102 valence electrons. The Kier molecular flexibility index (Phi) is 4.24. The van der Waals surface area contributed by atoms with Gasteiger partial charge in [-0.15, -0.1) is 11.3 Å². The van der Waals surface area contributed by atoms with Crippen LogP contribution in [0.1, 0.15) is 18.1 Å². The largest absolute Gasteiger partial charge is 0.398 e. The van der Waals surface area contributed by atoms with Crippen molar-refractivity contribution in [2.45, 2.75) is 24.1 Å². The van der Waals surface area contributed by atoms with Crippen LogP contribution in [0.5, 0.6) is 0 Å². The molecule has 19 heavy (non-hydrogen) atoms. The first-order chi connectivity index (χ1) is 9.03. The van der Waals surface area contributed by atoms with E-state index >= 15 is 0 Å². The number of hydrogen-bond donors (Lipinski definition) is 2. The summed E-state index contributed by atoms with van der Waals surface area (Å²) in [5, 5.41) is 1.62.